The Hall–Kier alpha value is -2.54. The van der Waals surface area contributed by atoms with E-state index < -0.39 is 10.0 Å². The van der Waals surface area contributed by atoms with Crippen molar-refractivity contribution in [3.63, 3.8) is 0 Å². The molecule has 140 valence electrons. The number of nitrogens with one attached hydrogen (secondary N) is 2. The summed E-state index contributed by atoms with van der Waals surface area (Å²) in [5.74, 6) is 0.639. The number of benzene rings is 2. The van der Waals surface area contributed by atoms with Crippen molar-refractivity contribution < 1.29 is 17.9 Å². The third-order valence-corrected chi connectivity index (χ3v) is 5.05. The molecule has 0 fully saturated rings. The maximum atomic E-state index is 12.2. The lowest BCUT2D eigenvalue weighted by Crippen LogP contribution is -2.16. The second-order valence-electron chi connectivity index (χ2n) is 5.84. The number of rotatable bonds is 8. The van der Waals surface area contributed by atoms with Crippen LogP contribution < -0.4 is 14.8 Å². The topological polar surface area (TPSA) is 84.5 Å². The van der Waals surface area contributed by atoms with E-state index in [2.05, 4.69) is 10.0 Å². The Morgan fingerprint density at radius 1 is 1.08 bits per heavy atom. The summed E-state index contributed by atoms with van der Waals surface area (Å²) in [5.41, 5.74) is 2.75. The van der Waals surface area contributed by atoms with E-state index in [1.165, 1.54) is 0 Å². The van der Waals surface area contributed by atoms with Gasteiger partial charge in [0.1, 0.15) is 5.75 Å². The summed E-state index contributed by atoms with van der Waals surface area (Å²) in [7, 11) is -3.33. The van der Waals surface area contributed by atoms with Gasteiger partial charge in [0.25, 0.3) is 0 Å². The third kappa shape index (κ3) is 5.77. The zero-order valence-electron chi connectivity index (χ0n) is 15.2. The fourth-order valence-corrected chi connectivity index (χ4v) is 3.06. The standard InChI is InChI=1S/C19H24N2O4S/c1-4-25-17-9-6-15(7-10-17)13-19(22)20-16-8-11-18(14(3)12-16)21-26(23,24)5-2/h6-12,21H,4-5,13H2,1-3H3,(H,20,22). The van der Waals surface area contributed by atoms with Gasteiger partial charge in [0.15, 0.2) is 0 Å². The number of hydrogen-bond acceptors (Lipinski definition) is 4. The highest BCUT2D eigenvalue weighted by atomic mass is 32.2. The van der Waals surface area contributed by atoms with Crippen molar-refractivity contribution in [3.05, 3.63) is 53.6 Å². The fourth-order valence-electron chi connectivity index (χ4n) is 2.36. The average Bonchev–Trinajstić information content (AvgIpc) is 2.59. The quantitative estimate of drug-likeness (QED) is 0.740. The summed E-state index contributed by atoms with van der Waals surface area (Å²) in [6.07, 6.45) is 0.246. The van der Waals surface area contributed by atoms with E-state index >= 15 is 0 Å². The van der Waals surface area contributed by atoms with Gasteiger partial charge < -0.3 is 10.1 Å². The molecule has 6 nitrogen and oxygen atoms in total. The predicted molar refractivity (Wildman–Crippen MR) is 104 cm³/mol. The van der Waals surface area contributed by atoms with Gasteiger partial charge in [-0.25, -0.2) is 8.42 Å². The van der Waals surface area contributed by atoms with Gasteiger partial charge in [0.05, 0.1) is 24.5 Å². The van der Waals surface area contributed by atoms with Crippen LogP contribution in [0.25, 0.3) is 0 Å². The molecule has 0 heterocycles. The molecule has 0 unspecified atom stereocenters. The smallest absolute Gasteiger partial charge is 0.232 e. The van der Waals surface area contributed by atoms with E-state index in [4.69, 9.17) is 4.74 Å². The van der Waals surface area contributed by atoms with E-state index in [-0.39, 0.29) is 18.1 Å². The molecule has 0 aromatic heterocycles. The number of anilines is 2. The highest BCUT2D eigenvalue weighted by Crippen LogP contribution is 2.21. The Bertz CT molecular complexity index is 862. The van der Waals surface area contributed by atoms with Crippen molar-refractivity contribution in [2.75, 3.05) is 22.4 Å². The van der Waals surface area contributed by atoms with Crippen molar-refractivity contribution in [2.24, 2.45) is 0 Å². The molecule has 0 aliphatic heterocycles. The van der Waals surface area contributed by atoms with Crippen molar-refractivity contribution in [1.29, 1.82) is 0 Å². The maximum absolute atomic E-state index is 12.2. The van der Waals surface area contributed by atoms with Crippen molar-refractivity contribution in [3.8, 4) is 5.75 Å². The molecule has 0 radical (unpaired) electrons. The minimum Gasteiger partial charge on any atom is -0.494 e. The zero-order valence-corrected chi connectivity index (χ0v) is 16.0. The number of hydrogen-bond donors (Lipinski definition) is 2. The van der Waals surface area contributed by atoms with Crippen LogP contribution in [0.5, 0.6) is 5.75 Å². The largest absolute Gasteiger partial charge is 0.494 e. The first-order valence-corrected chi connectivity index (χ1v) is 10.1. The van der Waals surface area contributed by atoms with Crippen LogP contribution in [0, 0.1) is 6.92 Å². The Balaban J connectivity index is 1.99. The molecule has 0 aliphatic rings. The van der Waals surface area contributed by atoms with Crippen molar-refractivity contribution in [1.82, 2.24) is 0 Å². The first kappa shape index (κ1) is 19.8. The zero-order chi connectivity index (χ0) is 19.2. The summed E-state index contributed by atoms with van der Waals surface area (Å²) < 4.78 is 31.2. The molecular formula is C19H24N2O4S. The number of carbonyl (C=O) groups excluding carboxylic acids is 1. The van der Waals surface area contributed by atoms with Crippen LogP contribution in [0.1, 0.15) is 25.0 Å². The van der Waals surface area contributed by atoms with Crippen LogP contribution in [0.15, 0.2) is 42.5 Å². The first-order chi connectivity index (χ1) is 12.3. The van der Waals surface area contributed by atoms with Crippen LogP contribution in [0.2, 0.25) is 0 Å². The lowest BCUT2D eigenvalue weighted by atomic mass is 10.1. The number of sulfonamides is 1. The van der Waals surface area contributed by atoms with Crippen molar-refractivity contribution >= 4 is 27.3 Å². The molecule has 2 rings (SSSR count). The van der Waals surface area contributed by atoms with Gasteiger partial charge in [-0.15, -0.1) is 0 Å². The summed E-state index contributed by atoms with van der Waals surface area (Å²) in [5, 5.41) is 2.83. The average molecular weight is 376 g/mol. The summed E-state index contributed by atoms with van der Waals surface area (Å²) in [6, 6.07) is 12.5. The summed E-state index contributed by atoms with van der Waals surface area (Å²) in [6.45, 7) is 5.88. The van der Waals surface area contributed by atoms with Crippen LogP contribution >= 0.6 is 0 Å². The van der Waals surface area contributed by atoms with E-state index in [9.17, 15) is 13.2 Å². The molecule has 2 aromatic carbocycles. The van der Waals surface area contributed by atoms with E-state index in [1.54, 1.807) is 32.0 Å². The lowest BCUT2D eigenvalue weighted by Gasteiger charge is -2.12. The van der Waals surface area contributed by atoms with E-state index in [1.807, 2.05) is 31.2 Å². The van der Waals surface area contributed by atoms with Gasteiger partial charge >= 0.3 is 0 Å². The van der Waals surface area contributed by atoms with Gasteiger partial charge in [-0.05, 0) is 62.2 Å². The Kier molecular flexibility index (Phi) is 6.63. The maximum Gasteiger partial charge on any atom is 0.232 e. The van der Waals surface area contributed by atoms with Crippen LogP contribution in [-0.2, 0) is 21.2 Å². The van der Waals surface area contributed by atoms with Crippen LogP contribution in [-0.4, -0.2) is 26.7 Å². The van der Waals surface area contributed by atoms with Gasteiger partial charge in [-0.1, -0.05) is 12.1 Å². The molecule has 0 bridgehead atoms. The Morgan fingerprint density at radius 3 is 2.35 bits per heavy atom. The van der Waals surface area contributed by atoms with Crippen molar-refractivity contribution in [2.45, 2.75) is 27.2 Å². The molecule has 7 heteroatoms. The minimum absolute atomic E-state index is 0.00696. The summed E-state index contributed by atoms with van der Waals surface area (Å²) >= 11 is 0. The van der Waals surface area contributed by atoms with Gasteiger partial charge in [0, 0.05) is 5.69 Å². The molecule has 0 saturated carbocycles. The third-order valence-electron chi connectivity index (χ3n) is 3.75. The molecule has 0 spiro atoms. The molecule has 2 aromatic rings. The van der Waals surface area contributed by atoms with Gasteiger partial charge in [0.2, 0.25) is 15.9 Å². The Labute approximate surface area is 154 Å². The number of carbonyl (C=O) groups is 1. The molecule has 1 amide bonds. The van der Waals surface area contributed by atoms with E-state index in [0.717, 1.165) is 16.9 Å². The van der Waals surface area contributed by atoms with E-state index in [0.29, 0.717) is 18.0 Å². The molecule has 2 N–H and O–H groups in total. The van der Waals surface area contributed by atoms with Gasteiger partial charge in [-0.3, -0.25) is 9.52 Å². The molecule has 0 aliphatic carbocycles. The Morgan fingerprint density at radius 2 is 1.77 bits per heavy atom. The number of aryl methyl sites for hydroxylation is 1. The molecule has 0 atom stereocenters. The second kappa shape index (κ2) is 8.71. The number of amides is 1. The molecule has 26 heavy (non-hydrogen) atoms. The monoisotopic (exact) mass is 376 g/mol. The normalized spacial score (nSPS) is 11.0. The fraction of sp³-hybridized carbons (Fsp3) is 0.316. The highest BCUT2D eigenvalue weighted by molar-refractivity contribution is 7.92. The van der Waals surface area contributed by atoms with Crippen LogP contribution in [0.4, 0.5) is 11.4 Å². The number of ether oxygens (including phenoxy) is 1. The minimum atomic E-state index is -3.33. The van der Waals surface area contributed by atoms with Gasteiger partial charge in [-0.2, -0.15) is 0 Å². The summed E-state index contributed by atoms with van der Waals surface area (Å²) in [4.78, 5) is 12.2. The molecule has 0 saturated heterocycles. The predicted octanol–water partition coefficient (Wildman–Crippen LogP) is 3.34. The van der Waals surface area contributed by atoms with Crippen LogP contribution in [0.3, 0.4) is 0 Å². The second-order valence-corrected chi connectivity index (χ2v) is 7.85. The lowest BCUT2D eigenvalue weighted by molar-refractivity contribution is -0.115. The molecular weight excluding hydrogens is 352 g/mol. The SMILES string of the molecule is CCOc1ccc(CC(=O)Nc2ccc(NS(=O)(=O)CC)c(C)c2)cc1. The first-order valence-electron chi connectivity index (χ1n) is 8.45. The highest BCUT2D eigenvalue weighted by Gasteiger charge is 2.10.